The number of hydrogen-bond donors (Lipinski definition) is 3. The number of anilines is 1. The van der Waals surface area contributed by atoms with Crippen LogP contribution >= 0.6 is 0 Å². The van der Waals surface area contributed by atoms with Crippen molar-refractivity contribution in [1.82, 2.24) is 5.32 Å². The van der Waals surface area contributed by atoms with Gasteiger partial charge in [-0.25, -0.2) is 9.18 Å². The number of carbonyl (C=O) groups is 1. The van der Waals surface area contributed by atoms with Crippen LogP contribution in [-0.2, 0) is 0 Å². The summed E-state index contributed by atoms with van der Waals surface area (Å²) in [6, 6.07) is 5.43. The van der Waals surface area contributed by atoms with Crippen LogP contribution in [0.5, 0.6) is 0 Å². The molecule has 5 heteroatoms. The third-order valence-corrected chi connectivity index (χ3v) is 3.24. The number of amides is 2. The fraction of sp³-hybridized carbons (Fsp3) is 0.462. The second-order valence-corrected chi connectivity index (χ2v) is 4.66. The van der Waals surface area contributed by atoms with Gasteiger partial charge in [-0.2, -0.15) is 0 Å². The van der Waals surface area contributed by atoms with E-state index in [1.54, 1.807) is 0 Å². The molecule has 1 aromatic rings. The monoisotopic (exact) mass is 251 g/mol. The number of carbonyl (C=O) groups excluding carboxylic acids is 1. The number of nitrogens with one attached hydrogen (secondary N) is 2. The largest absolute Gasteiger partial charge is 0.334 e. The van der Waals surface area contributed by atoms with Crippen LogP contribution < -0.4 is 16.4 Å². The summed E-state index contributed by atoms with van der Waals surface area (Å²) in [7, 11) is 0. The zero-order valence-corrected chi connectivity index (χ0v) is 10.2. The average molecular weight is 251 g/mol. The van der Waals surface area contributed by atoms with E-state index in [0.29, 0.717) is 5.69 Å². The van der Waals surface area contributed by atoms with Crippen LogP contribution in [0, 0.1) is 5.82 Å². The number of rotatable bonds is 2. The maximum atomic E-state index is 12.7. The number of benzene rings is 1. The van der Waals surface area contributed by atoms with Gasteiger partial charge in [0.1, 0.15) is 5.82 Å². The lowest BCUT2D eigenvalue weighted by atomic mass is 9.91. The smallest absolute Gasteiger partial charge is 0.319 e. The number of halogens is 1. The molecule has 0 spiro atoms. The fourth-order valence-electron chi connectivity index (χ4n) is 2.21. The molecule has 4 nitrogen and oxygen atoms in total. The minimum Gasteiger partial charge on any atom is -0.334 e. The summed E-state index contributed by atoms with van der Waals surface area (Å²) in [4.78, 5) is 11.7. The van der Waals surface area contributed by atoms with Gasteiger partial charge in [0.25, 0.3) is 0 Å². The van der Waals surface area contributed by atoms with Crippen molar-refractivity contribution in [3.05, 3.63) is 30.1 Å². The van der Waals surface area contributed by atoms with Gasteiger partial charge in [0.05, 0.1) is 0 Å². The zero-order chi connectivity index (χ0) is 13.0. The number of urea groups is 1. The third kappa shape index (κ3) is 3.43. The first-order chi connectivity index (χ1) is 8.65. The Labute approximate surface area is 106 Å². The molecular weight excluding hydrogens is 233 g/mol. The average Bonchev–Trinajstić information content (AvgIpc) is 2.35. The summed E-state index contributed by atoms with van der Waals surface area (Å²) < 4.78 is 12.7. The molecule has 1 aliphatic rings. The highest BCUT2D eigenvalue weighted by Crippen LogP contribution is 2.17. The predicted molar refractivity (Wildman–Crippen MR) is 68.8 cm³/mol. The van der Waals surface area contributed by atoms with Crippen molar-refractivity contribution in [2.75, 3.05) is 5.32 Å². The molecule has 0 heterocycles. The summed E-state index contributed by atoms with van der Waals surface area (Å²) in [5.41, 5.74) is 6.52. The van der Waals surface area contributed by atoms with Crippen molar-refractivity contribution in [3.8, 4) is 0 Å². The fourth-order valence-corrected chi connectivity index (χ4v) is 2.21. The van der Waals surface area contributed by atoms with Crippen molar-refractivity contribution in [2.45, 2.75) is 37.8 Å². The summed E-state index contributed by atoms with van der Waals surface area (Å²) in [6.45, 7) is 0. The van der Waals surface area contributed by atoms with Gasteiger partial charge in [0.2, 0.25) is 0 Å². The highest BCUT2D eigenvalue weighted by molar-refractivity contribution is 5.89. The summed E-state index contributed by atoms with van der Waals surface area (Å²) in [5.74, 6) is -0.324. The Morgan fingerprint density at radius 1 is 1.22 bits per heavy atom. The maximum Gasteiger partial charge on any atom is 0.319 e. The van der Waals surface area contributed by atoms with E-state index >= 15 is 0 Å². The van der Waals surface area contributed by atoms with Crippen molar-refractivity contribution in [2.24, 2.45) is 5.73 Å². The lowest BCUT2D eigenvalue weighted by Gasteiger charge is -2.29. The van der Waals surface area contributed by atoms with Crippen molar-refractivity contribution in [1.29, 1.82) is 0 Å². The molecule has 0 saturated heterocycles. The Hall–Kier alpha value is -1.62. The standard InChI is InChI=1S/C13H18FN3O/c14-9-5-7-10(8-6-9)16-13(18)17-12-4-2-1-3-11(12)15/h5-8,11-12H,1-4,15H2,(H2,16,17,18). The molecule has 1 saturated carbocycles. The van der Waals surface area contributed by atoms with Crippen LogP contribution in [0.2, 0.25) is 0 Å². The van der Waals surface area contributed by atoms with Crippen LogP contribution in [0.1, 0.15) is 25.7 Å². The molecule has 0 aromatic heterocycles. The molecule has 2 amide bonds. The van der Waals surface area contributed by atoms with Crippen molar-refractivity contribution < 1.29 is 9.18 Å². The molecule has 1 aromatic carbocycles. The third-order valence-electron chi connectivity index (χ3n) is 3.24. The first-order valence-electron chi connectivity index (χ1n) is 6.24. The van der Waals surface area contributed by atoms with E-state index in [9.17, 15) is 9.18 Å². The van der Waals surface area contributed by atoms with Crippen LogP contribution in [0.25, 0.3) is 0 Å². The van der Waals surface area contributed by atoms with Gasteiger partial charge in [-0.3, -0.25) is 0 Å². The quantitative estimate of drug-likeness (QED) is 0.754. The summed E-state index contributed by atoms with van der Waals surface area (Å²) >= 11 is 0. The molecule has 0 aliphatic heterocycles. The van der Waals surface area contributed by atoms with Gasteiger partial charge in [0.15, 0.2) is 0 Å². The molecule has 4 N–H and O–H groups in total. The van der Waals surface area contributed by atoms with E-state index in [4.69, 9.17) is 5.73 Å². The van der Waals surface area contributed by atoms with Gasteiger partial charge in [0, 0.05) is 17.8 Å². The van der Waals surface area contributed by atoms with Crippen LogP contribution in [0.15, 0.2) is 24.3 Å². The highest BCUT2D eigenvalue weighted by Gasteiger charge is 2.23. The van der Waals surface area contributed by atoms with E-state index in [1.165, 1.54) is 24.3 Å². The van der Waals surface area contributed by atoms with E-state index in [-0.39, 0.29) is 23.9 Å². The molecule has 2 atom stereocenters. The van der Waals surface area contributed by atoms with Gasteiger partial charge in [-0.05, 0) is 37.1 Å². The normalized spacial score (nSPS) is 23.4. The van der Waals surface area contributed by atoms with Gasteiger partial charge >= 0.3 is 6.03 Å². The summed E-state index contributed by atoms with van der Waals surface area (Å²) in [5, 5.41) is 5.53. The first kappa shape index (κ1) is 12.8. The molecule has 18 heavy (non-hydrogen) atoms. The van der Waals surface area contributed by atoms with Crippen molar-refractivity contribution in [3.63, 3.8) is 0 Å². The number of nitrogens with two attached hydrogens (primary N) is 1. The predicted octanol–water partition coefficient (Wildman–Crippen LogP) is 2.22. The minimum atomic E-state index is -0.324. The van der Waals surface area contributed by atoms with Crippen molar-refractivity contribution >= 4 is 11.7 Å². The maximum absolute atomic E-state index is 12.7. The Kier molecular flexibility index (Phi) is 4.15. The van der Waals surface area contributed by atoms with E-state index < -0.39 is 0 Å². The Morgan fingerprint density at radius 3 is 2.56 bits per heavy atom. The van der Waals surface area contributed by atoms with Gasteiger partial charge in [-0.15, -0.1) is 0 Å². The molecule has 0 radical (unpaired) electrons. The van der Waals surface area contributed by atoms with E-state index in [1.807, 2.05) is 0 Å². The first-order valence-corrected chi connectivity index (χ1v) is 6.24. The Bertz CT molecular complexity index is 407. The number of hydrogen-bond acceptors (Lipinski definition) is 2. The van der Waals surface area contributed by atoms with Crippen LogP contribution in [-0.4, -0.2) is 18.1 Å². The lowest BCUT2D eigenvalue weighted by Crippen LogP contribution is -2.50. The molecule has 1 fully saturated rings. The lowest BCUT2D eigenvalue weighted by molar-refractivity contribution is 0.240. The zero-order valence-electron chi connectivity index (χ0n) is 10.2. The molecule has 1 aliphatic carbocycles. The molecule has 0 bridgehead atoms. The van der Waals surface area contributed by atoms with Crippen LogP contribution in [0.4, 0.5) is 14.9 Å². The van der Waals surface area contributed by atoms with Gasteiger partial charge in [-0.1, -0.05) is 12.8 Å². The van der Waals surface area contributed by atoms with E-state index in [2.05, 4.69) is 10.6 Å². The SMILES string of the molecule is NC1CCCCC1NC(=O)Nc1ccc(F)cc1. The van der Waals surface area contributed by atoms with Gasteiger partial charge < -0.3 is 16.4 Å². The second-order valence-electron chi connectivity index (χ2n) is 4.66. The molecule has 98 valence electrons. The topological polar surface area (TPSA) is 67.1 Å². The second kappa shape index (κ2) is 5.82. The molecular formula is C13H18FN3O. The minimum absolute atomic E-state index is 0.0257. The molecule has 2 unspecified atom stereocenters. The van der Waals surface area contributed by atoms with Crippen LogP contribution in [0.3, 0.4) is 0 Å². The van der Waals surface area contributed by atoms with E-state index in [0.717, 1.165) is 25.7 Å². The summed E-state index contributed by atoms with van der Waals surface area (Å²) in [6.07, 6.45) is 4.08. The highest BCUT2D eigenvalue weighted by atomic mass is 19.1. The molecule has 2 rings (SSSR count). The Balaban J connectivity index is 1.86. The Morgan fingerprint density at radius 2 is 1.89 bits per heavy atom.